The molecule has 0 bridgehead atoms. The van der Waals surface area contributed by atoms with Crippen LogP contribution in [0.5, 0.6) is 0 Å². The van der Waals surface area contributed by atoms with E-state index >= 15 is 0 Å². The number of ether oxygens (including phenoxy) is 1. The Morgan fingerprint density at radius 3 is 2.89 bits per heavy atom. The van der Waals surface area contributed by atoms with Crippen LogP contribution in [0.2, 0.25) is 0 Å². The first kappa shape index (κ1) is 18.0. The summed E-state index contributed by atoms with van der Waals surface area (Å²) in [5.74, 6) is -0.222. The van der Waals surface area contributed by atoms with Crippen LogP contribution in [-0.4, -0.2) is 39.2 Å². The third-order valence-electron chi connectivity index (χ3n) is 5.26. The van der Waals surface area contributed by atoms with Crippen molar-refractivity contribution in [3.8, 4) is 0 Å². The normalized spacial score (nSPS) is 19.0. The number of anilines is 1. The van der Waals surface area contributed by atoms with Gasteiger partial charge in [-0.2, -0.15) is 5.10 Å². The van der Waals surface area contributed by atoms with Gasteiger partial charge in [0.15, 0.2) is 0 Å². The van der Waals surface area contributed by atoms with E-state index in [9.17, 15) is 9.59 Å². The Labute approximate surface area is 162 Å². The fourth-order valence-corrected chi connectivity index (χ4v) is 3.57. The Morgan fingerprint density at radius 1 is 1.25 bits per heavy atom. The second-order valence-electron chi connectivity index (χ2n) is 7.20. The number of likely N-dealkylation sites (tertiary alicyclic amines) is 1. The Bertz CT molecular complexity index is 1000. The number of hydrogen-bond donors (Lipinski definition) is 2. The summed E-state index contributed by atoms with van der Waals surface area (Å²) in [6, 6.07) is 15.0. The number of aromatic amines is 1. The highest BCUT2D eigenvalue weighted by atomic mass is 16.6. The van der Waals surface area contributed by atoms with E-state index in [1.807, 2.05) is 48.5 Å². The van der Waals surface area contributed by atoms with Gasteiger partial charge in [-0.3, -0.25) is 14.8 Å². The number of benzene rings is 2. The maximum Gasteiger partial charge on any atom is 0.410 e. The molecule has 1 fully saturated rings. The van der Waals surface area contributed by atoms with E-state index in [1.54, 1.807) is 13.1 Å². The molecule has 0 aliphatic carbocycles. The quantitative estimate of drug-likeness (QED) is 0.725. The number of amides is 2. The van der Waals surface area contributed by atoms with Gasteiger partial charge < -0.3 is 10.1 Å². The second-order valence-corrected chi connectivity index (χ2v) is 7.20. The molecule has 0 spiro atoms. The average Bonchev–Trinajstić information content (AvgIpc) is 3.33. The first-order chi connectivity index (χ1) is 13.6. The van der Waals surface area contributed by atoms with Crippen molar-refractivity contribution in [2.24, 2.45) is 0 Å². The molecule has 28 heavy (non-hydrogen) atoms. The molecule has 0 saturated carbocycles. The number of aromatic nitrogens is 2. The highest BCUT2D eigenvalue weighted by Crippen LogP contribution is 2.31. The van der Waals surface area contributed by atoms with E-state index in [0.29, 0.717) is 18.7 Å². The van der Waals surface area contributed by atoms with E-state index in [1.165, 1.54) is 4.90 Å². The molecule has 7 nitrogen and oxygen atoms in total. The van der Waals surface area contributed by atoms with Gasteiger partial charge in [-0.15, -0.1) is 0 Å². The lowest BCUT2D eigenvalue weighted by molar-refractivity contribution is -0.125. The maximum absolute atomic E-state index is 13.0. The van der Waals surface area contributed by atoms with E-state index in [4.69, 9.17) is 4.74 Å². The molecular weight excluding hydrogens is 356 g/mol. The van der Waals surface area contributed by atoms with Gasteiger partial charge in [0.05, 0.1) is 11.7 Å². The summed E-state index contributed by atoms with van der Waals surface area (Å²) in [6.07, 6.45) is 2.60. The lowest BCUT2D eigenvalue weighted by atomic mass is 9.97. The predicted molar refractivity (Wildman–Crippen MR) is 106 cm³/mol. The summed E-state index contributed by atoms with van der Waals surface area (Å²) in [7, 11) is 0. The van der Waals surface area contributed by atoms with E-state index in [2.05, 4.69) is 15.5 Å². The minimum atomic E-state index is -0.948. The van der Waals surface area contributed by atoms with Gasteiger partial charge in [0.25, 0.3) is 0 Å². The third kappa shape index (κ3) is 3.43. The highest BCUT2D eigenvalue weighted by Gasteiger charge is 2.46. The minimum absolute atomic E-state index is 0.185. The number of nitrogens with zero attached hydrogens (tertiary/aromatic N) is 2. The Kier molecular flexibility index (Phi) is 4.73. The summed E-state index contributed by atoms with van der Waals surface area (Å²) in [4.78, 5) is 27.2. The van der Waals surface area contributed by atoms with E-state index in [0.717, 1.165) is 22.9 Å². The maximum atomic E-state index is 13.0. The van der Waals surface area contributed by atoms with Crippen LogP contribution in [0.3, 0.4) is 0 Å². The Hall–Kier alpha value is -3.35. The van der Waals surface area contributed by atoms with Gasteiger partial charge in [-0.25, -0.2) is 4.79 Å². The number of rotatable bonds is 4. The number of fused-ring (bicyclic) bond motifs is 1. The predicted octanol–water partition coefficient (Wildman–Crippen LogP) is 3.69. The van der Waals surface area contributed by atoms with Crippen LogP contribution in [0.25, 0.3) is 10.9 Å². The van der Waals surface area contributed by atoms with Gasteiger partial charge in [0.2, 0.25) is 5.91 Å². The minimum Gasteiger partial charge on any atom is -0.445 e. The summed E-state index contributed by atoms with van der Waals surface area (Å²) in [6.45, 7) is 2.47. The first-order valence-electron chi connectivity index (χ1n) is 9.29. The SMILES string of the molecule is CC1(C(=O)Nc2ccc3cn[nH]c3c2)CCCN1C(=O)OCc1ccccc1. The van der Waals surface area contributed by atoms with Crippen molar-refractivity contribution in [3.63, 3.8) is 0 Å². The van der Waals surface area contributed by atoms with Gasteiger partial charge in [-0.05, 0) is 43.5 Å². The number of carbonyl (C=O) groups is 2. The van der Waals surface area contributed by atoms with E-state index < -0.39 is 11.6 Å². The van der Waals surface area contributed by atoms with Crippen LogP contribution >= 0.6 is 0 Å². The van der Waals surface area contributed by atoms with Crippen LogP contribution in [-0.2, 0) is 16.1 Å². The molecule has 1 atom stereocenters. The van der Waals surface area contributed by atoms with Crippen LogP contribution in [0, 0.1) is 0 Å². The standard InChI is InChI=1S/C21H22N4O3/c1-21(19(26)23-17-9-8-16-13-22-24-18(16)12-17)10-5-11-25(21)20(27)28-14-15-6-3-2-4-7-15/h2-4,6-9,12-13H,5,10-11,14H2,1H3,(H,22,24)(H,23,26). The summed E-state index contributed by atoms with van der Waals surface area (Å²) in [5.41, 5.74) is 1.46. The summed E-state index contributed by atoms with van der Waals surface area (Å²) >= 11 is 0. The topological polar surface area (TPSA) is 87.3 Å². The number of H-pyrrole nitrogens is 1. The molecule has 2 aromatic carbocycles. The van der Waals surface area contributed by atoms with Crippen molar-refractivity contribution in [1.29, 1.82) is 0 Å². The van der Waals surface area contributed by atoms with Crippen LogP contribution in [0.4, 0.5) is 10.5 Å². The van der Waals surface area contributed by atoms with Crippen molar-refractivity contribution in [1.82, 2.24) is 15.1 Å². The number of nitrogens with one attached hydrogen (secondary N) is 2. The molecule has 2 N–H and O–H groups in total. The molecule has 1 unspecified atom stereocenters. The van der Waals surface area contributed by atoms with Crippen LogP contribution in [0.1, 0.15) is 25.3 Å². The molecule has 0 radical (unpaired) electrons. The molecule has 2 heterocycles. The fourth-order valence-electron chi connectivity index (χ4n) is 3.57. The molecule has 4 rings (SSSR count). The lowest BCUT2D eigenvalue weighted by Crippen LogP contribution is -2.53. The molecule has 3 aromatic rings. The van der Waals surface area contributed by atoms with Crippen molar-refractivity contribution in [2.45, 2.75) is 31.9 Å². The van der Waals surface area contributed by atoms with Crippen molar-refractivity contribution in [2.75, 3.05) is 11.9 Å². The Morgan fingerprint density at radius 2 is 2.07 bits per heavy atom. The third-order valence-corrected chi connectivity index (χ3v) is 5.26. The molecule has 7 heteroatoms. The smallest absolute Gasteiger partial charge is 0.410 e. The zero-order chi connectivity index (χ0) is 19.6. The van der Waals surface area contributed by atoms with Crippen LogP contribution in [0.15, 0.2) is 54.7 Å². The zero-order valence-electron chi connectivity index (χ0n) is 15.6. The number of carbonyl (C=O) groups excluding carboxylic acids is 2. The number of hydrogen-bond acceptors (Lipinski definition) is 4. The summed E-state index contributed by atoms with van der Waals surface area (Å²) in [5, 5.41) is 10.8. The molecule has 1 aromatic heterocycles. The molecule has 1 aliphatic rings. The molecule has 144 valence electrons. The molecule has 1 saturated heterocycles. The van der Waals surface area contributed by atoms with Gasteiger partial charge in [0, 0.05) is 17.6 Å². The van der Waals surface area contributed by atoms with Crippen molar-refractivity contribution >= 4 is 28.6 Å². The van der Waals surface area contributed by atoms with Gasteiger partial charge >= 0.3 is 6.09 Å². The Balaban J connectivity index is 1.45. The lowest BCUT2D eigenvalue weighted by Gasteiger charge is -2.33. The molecular formula is C21H22N4O3. The van der Waals surface area contributed by atoms with E-state index in [-0.39, 0.29) is 12.5 Å². The largest absolute Gasteiger partial charge is 0.445 e. The average molecular weight is 378 g/mol. The van der Waals surface area contributed by atoms with Crippen LogP contribution < -0.4 is 5.32 Å². The highest BCUT2D eigenvalue weighted by molar-refractivity contribution is 6.01. The second kappa shape index (κ2) is 7.34. The molecule has 1 aliphatic heterocycles. The van der Waals surface area contributed by atoms with Crippen molar-refractivity contribution < 1.29 is 14.3 Å². The molecule has 2 amide bonds. The summed E-state index contributed by atoms with van der Waals surface area (Å²) < 4.78 is 5.45. The van der Waals surface area contributed by atoms with Gasteiger partial charge in [0.1, 0.15) is 12.1 Å². The first-order valence-corrected chi connectivity index (χ1v) is 9.29. The fraction of sp³-hybridized carbons (Fsp3) is 0.286. The van der Waals surface area contributed by atoms with Crippen molar-refractivity contribution in [3.05, 3.63) is 60.3 Å². The van der Waals surface area contributed by atoms with Gasteiger partial charge in [-0.1, -0.05) is 30.3 Å². The zero-order valence-corrected chi connectivity index (χ0v) is 15.6. The monoisotopic (exact) mass is 378 g/mol.